The van der Waals surface area contributed by atoms with Gasteiger partial charge in [-0.2, -0.15) is 0 Å². The highest BCUT2D eigenvalue weighted by atomic mass is 16.5. The van der Waals surface area contributed by atoms with Crippen LogP contribution in [0.1, 0.15) is 26.7 Å². The smallest absolute Gasteiger partial charge is 0.0612 e. The van der Waals surface area contributed by atoms with E-state index in [1.165, 1.54) is 0 Å². The van der Waals surface area contributed by atoms with Crippen LogP contribution in [0.4, 0.5) is 0 Å². The second-order valence-corrected chi connectivity index (χ2v) is 3.55. The van der Waals surface area contributed by atoms with Crippen molar-refractivity contribution < 1.29 is 9.84 Å². The Bertz CT molecular complexity index is 123. The number of rotatable bonds is 3. The third-order valence-electron chi connectivity index (χ3n) is 2.32. The normalized spacial score (nSPS) is 19.7. The van der Waals surface area contributed by atoms with E-state index in [1.54, 1.807) is 0 Å². The van der Waals surface area contributed by atoms with Crippen LogP contribution in [0.2, 0.25) is 0 Å². The molecule has 0 atom stereocenters. The van der Waals surface area contributed by atoms with E-state index >= 15 is 0 Å². The molecule has 4 nitrogen and oxygen atoms in total. The first kappa shape index (κ1) is 13.8. The first-order valence-corrected chi connectivity index (χ1v) is 5.36. The maximum absolute atomic E-state index is 8.80. The van der Waals surface area contributed by atoms with E-state index in [0.717, 1.165) is 39.1 Å². The van der Waals surface area contributed by atoms with E-state index in [2.05, 4.69) is 5.32 Å². The largest absolute Gasteiger partial charge is 0.394 e. The number of aliphatic hydroxyl groups excluding tert-OH is 1. The lowest BCUT2D eigenvalue weighted by Gasteiger charge is -2.31. The van der Waals surface area contributed by atoms with Crippen molar-refractivity contribution in [2.24, 2.45) is 5.73 Å². The summed E-state index contributed by atoms with van der Waals surface area (Å²) >= 11 is 0. The lowest BCUT2D eigenvalue weighted by atomic mass is 9.91. The third kappa shape index (κ3) is 6.32. The first-order valence-electron chi connectivity index (χ1n) is 5.36. The zero-order valence-corrected chi connectivity index (χ0v) is 9.38. The van der Waals surface area contributed by atoms with Crippen LogP contribution in [0.3, 0.4) is 0 Å². The number of hydrogen-bond acceptors (Lipinski definition) is 4. The van der Waals surface area contributed by atoms with Gasteiger partial charge in [0.2, 0.25) is 0 Å². The molecule has 1 aliphatic rings. The van der Waals surface area contributed by atoms with Gasteiger partial charge in [0.15, 0.2) is 0 Å². The fourth-order valence-electron chi connectivity index (χ4n) is 1.29. The van der Waals surface area contributed by atoms with Crippen LogP contribution < -0.4 is 11.1 Å². The summed E-state index contributed by atoms with van der Waals surface area (Å²) in [5.74, 6) is 0. The minimum Gasteiger partial charge on any atom is -0.394 e. The number of piperidine rings is 1. The Kier molecular flexibility index (Phi) is 8.08. The van der Waals surface area contributed by atoms with Crippen LogP contribution in [0.25, 0.3) is 0 Å². The highest BCUT2D eigenvalue weighted by Crippen LogP contribution is 2.12. The maximum atomic E-state index is 8.80. The Hall–Kier alpha value is -0.160. The third-order valence-corrected chi connectivity index (χ3v) is 2.32. The first-order chi connectivity index (χ1) is 6.68. The van der Waals surface area contributed by atoms with Crippen LogP contribution in [0.5, 0.6) is 0 Å². The van der Waals surface area contributed by atoms with Gasteiger partial charge in [0.05, 0.1) is 6.61 Å². The molecule has 0 radical (unpaired) electrons. The topological polar surface area (TPSA) is 67.5 Å². The summed E-state index contributed by atoms with van der Waals surface area (Å²) < 4.78 is 4.83. The summed E-state index contributed by atoms with van der Waals surface area (Å²) in [6, 6.07) is 0. The Morgan fingerprint density at radius 1 is 1.29 bits per heavy atom. The second kappa shape index (κ2) is 8.17. The molecule has 0 unspecified atom stereocenters. The van der Waals surface area contributed by atoms with Gasteiger partial charge >= 0.3 is 0 Å². The molecule has 0 amide bonds. The van der Waals surface area contributed by atoms with E-state index in [9.17, 15) is 0 Å². The quantitative estimate of drug-likeness (QED) is 0.610. The molecule has 1 saturated heterocycles. The molecule has 1 fully saturated rings. The van der Waals surface area contributed by atoms with Gasteiger partial charge in [0.25, 0.3) is 0 Å². The zero-order chi connectivity index (χ0) is 10.9. The summed E-state index contributed by atoms with van der Waals surface area (Å²) in [5, 5.41) is 12.0. The Morgan fingerprint density at radius 2 is 1.79 bits per heavy atom. The minimum absolute atomic E-state index is 0.120. The van der Waals surface area contributed by atoms with Crippen molar-refractivity contribution in [1.29, 1.82) is 0 Å². The highest BCUT2D eigenvalue weighted by Gasteiger charge is 2.25. The van der Waals surface area contributed by atoms with Crippen LogP contribution >= 0.6 is 0 Å². The lowest BCUT2D eigenvalue weighted by molar-refractivity contribution is 0.162. The van der Waals surface area contributed by atoms with Crippen molar-refractivity contribution >= 4 is 0 Å². The summed E-state index contributed by atoms with van der Waals surface area (Å²) in [4.78, 5) is 0. The van der Waals surface area contributed by atoms with Gasteiger partial charge < -0.3 is 20.9 Å². The predicted octanol–water partition coefficient (Wildman–Crippen LogP) is 0.102. The minimum atomic E-state index is -0.286. The standard InChI is InChI=1S/C6H14N2O.C4H10O/c7-6(5-9)1-3-8-4-2-6;1-3-5-4-2/h8-9H,1-5,7H2;3-4H2,1-2H3. The predicted molar refractivity (Wildman–Crippen MR) is 58.3 cm³/mol. The molecule has 4 heteroatoms. The van der Waals surface area contributed by atoms with Gasteiger partial charge in [0.1, 0.15) is 0 Å². The molecule has 1 heterocycles. The fourth-order valence-corrected chi connectivity index (χ4v) is 1.29. The van der Waals surface area contributed by atoms with Crippen molar-refractivity contribution in [3.8, 4) is 0 Å². The molecule has 1 rings (SSSR count). The van der Waals surface area contributed by atoms with Crippen molar-refractivity contribution in [1.82, 2.24) is 5.32 Å². The Labute approximate surface area is 86.8 Å². The van der Waals surface area contributed by atoms with Crippen LogP contribution in [0.15, 0.2) is 0 Å². The second-order valence-electron chi connectivity index (χ2n) is 3.55. The van der Waals surface area contributed by atoms with Gasteiger partial charge in [-0.15, -0.1) is 0 Å². The highest BCUT2D eigenvalue weighted by molar-refractivity contribution is 4.87. The molecule has 14 heavy (non-hydrogen) atoms. The van der Waals surface area contributed by atoms with E-state index in [1.807, 2.05) is 13.8 Å². The zero-order valence-electron chi connectivity index (χ0n) is 9.38. The van der Waals surface area contributed by atoms with E-state index in [0.29, 0.717) is 0 Å². The summed E-state index contributed by atoms with van der Waals surface area (Å²) in [5.41, 5.74) is 5.48. The van der Waals surface area contributed by atoms with Crippen LogP contribution in [-0.4, -0.2) is 43.6 Å². The van der Waals surface area contributed by atoms with E-state index in [-0.39, 0.29) is 12.1 Å². The Balaban J connectivity index is 0.000000292. The average molecular weight is 204 g/mol. The fraction of sp³-hybridized carbons (Fsp3) is 1.00. The average Bonchev–Trinajstić information content (AvgIpc) is 2.21. The van der Waals surface area contributed by atoms with Crippen molar-refractivity contribution in [3.05, 3.63) is 0 Å². The number of ether oxygens (including phenoxy) is 1. The Morgan fingerprint density at radius 3 is 2.00 bits per heavy atom. The summed E-state index contributed by atoms with van der Waals surface area (Å²) in [6.07, 6.45) is 1.78. The number of nitrogens with two attached hydrogens (primary N) is 1. The van der Waals surface area contributed by atoms with Gasteiger partial charge in [-0.1, -0.05) is 0 Å². The number of hydrogen-bond donors (Lipinski definition) is 3. The number of nitrogens with one attached hydrogen (secondary N) is 1. The SMILES string of the molecule is CCOCC.NC1(CO)CCNCC1. The molecular formula is C10H24N2O2. The summed E-state index contributed by atoms with van der Waals surface area (Å²) in [7, 11) is 0. The summed E-state index contributed by atoms with van der Waals surface area (Å²) in [6.45, 7) is 7.67. The van der Waals surface area contributed by atoms with Gasteiger partial charge in [0, 0.05) is 18.8 Å². The molecular weight excluding hydrogens is 180 g/mol. The van der Waals surface area contributed by atoms with Crippen molar-refractivity contribution in [2.45, 2.75) is 32.2 Å². The molecule has 0 aromatic carbocycles. The molecule has 0 bridgehead atoms. The van der Waals surface area contributed by atoms with E-state index in [4.69, 9.17) is 15.6 Å². The number of aliphatic hydroxyl groups is 1. The van der Waals surface area contributed by atoms with Gasteiger partial charge in [-0.3, -0.25) is 0 Å². The maximum Gasteiger partial charge on any atom is 0.0612 e. The molecule has 0 saturated carbocycles. The van der Waals surface area contributed by atoms with Crippen molar-refractivity contribution in [3.63, 3.8) is 0 Å². The van der Waals surface area contributed by atoms with E-state index < -0.39 is 0 Å². The van der Waals surface area contributed by atoms with Gasteiger partial charge in [-0.05, 0) is 39.8 Å². The van der Waals surface area contributed by atoms with Crippen LogP contribution in [0, 0.1) is 0 Å². The van der Waals surface area contributed by atoms with Crippen LogP contribution in [-0.2, 0) is 4.74 Å². The molecule has 4 N–H and O–H groups in total. The lowest BCUT2D eigenvalue weighted by Crippen LogP contribution is -2.51. The van der Waals surface area contributed by atoms with Gasteiger partial charge in [-0.25, -0.2) is 0 Å². The molecule has 0 aromatic rings. The molecule has 1 aliphatic heterocycles. The molecule has 0 aromatic heterocycles. The van der Waals surface area contributed by atoms with Crippen molar-refractivity contribution in [2.75, 3.05) is 32.9 Å². The molecule has 0 aliphatic carbocycles. The molecule has 86 valence electrons. The monoisotopic (exact) mass is 204 g/mol. The molecule has 0 spiro atoms.